The van der Waals surface area contributed by atoms with Crippen molar-refractivity contribution < 1.29 is 14.3 Å². The van der Waals surface area contributed by atoms with Gasteiger partial charge in [-0.15, -0.1) is 0 Å². The maximum atomic E-state index is 11.6. The Hall–Kier alpha value is -2.08. The van der Waals surface area contributed by atoms with Crippen molar-refractivity contribution in [1.29, 1.82) is 0 Å². The van der Waals surface area contributed by atoms with Crippen molar-refractivity contribution in [3.8, 4) is 5.75 Å². The highest BCUT2D eigenvalue weighted by Crippen LogP contribution is 2.16. The molecule has 0 spiro atoms. The number of carbonyl (C=O) groups is 2. The smallest absolute Gasteiger partial charge is 0.224 e. The van der Waals surface area contributed by atoms with Crippen LogP contribution in [0.5, 0.6) is 5.75 Å². The minimum atomic E-state index is -0.0551. The Labute approximate surface area is 125 Å². The van der Waals surface area contributed by atoms with Gasteiger partial charge in [0.15, 0.2) is 0 Å². The van der Waals surface area contributed by atoms with Crippen molar-refractivity contribution in [2.75, 3.05) is 32.6 Å². The lowest BCUT2D eigenvalue weighted by atomic mass is 10.2. The summed E-state index contributed by atoms with van der Waals surface area (Å²) in [5.74, 6) is 0.617. The molecule has 0 heterocycles. The molecule has 1 rings (SSSR count). The molecule has 0 radical (unpaired) electrons. The number of hydrogen-bond acceptors (Lipinski definition) is 4. The first-order valence-electron chi connectivity index (χ1n) is 7.03. The molecule has 0 aliphatic heterocycles. The zero-order valence-corrected chi connectivity index (χ0v) is 12.6. The molecule has 0 aliphatic carbocycles. The van der Waals surface area contributed by atoms with Gasteiger partial charge in [-0.05, 0) is 44.3 Å². The minimum absolute atomic E-state index is 0.00136. The number of rotatable bonds is 9. The molecule has 116 valence electrons. The van der Waals surface area contributed by atoms with Gasteiger partial charge < -0.3 is 20.7 Å². The summed E-state index contributed by atoms with van der Waals surface area (Å²) in [6, 6.07) is 7.11. The van der Waals surface area contributed by atoms with Gasteiger partial charge in [-0.25, -0.2) is 0 Å². The Morgan fingerprint density at radius 1 is 1.05 bits per heavy atom. The predicted molar refractivity (Wildman–Crippen MR) is 82.4 cm³/mol. The lowest BCUT2D eigenvalue weighted by Crippen LogP contribution is -2.20. The molecule has 0 saturated heterocycles. The lowest BCUT2D eigenvalue weighted by Gasteiger charge is -2.08. The molecule has 0 aliphatic rings. The number of anilines is 1. The molecule has 2 amide bonds. The summed E-state index contributed by atoms with van der Waals surface area (Å²) in [4.78, 5) is 22.7. The third-order valence-corrected chi connectivity index (χ3v) is 2.85. The first-order chi connectivity index (χ1) is 10.2. The zero-order valence-electron chi connectivity index (χ0n) is 12.6. The van der Waals surface area contributed by atoms with E-state index in [0.717, 1.165) is 18.7 Å². The Bertz CT molecular complexity index is 446. The monoisotopic (exact) mass is 293 g/mol. The highest BCUT2D eigenvalue weighted by Gasteiger charge is 2.03. The van der Waals surface area contributed by atoms with Crippen LogP contribution in [-0.4, -0.2) is 39.1 Å². The average Bonchev–Trinajstić information content (AvgIpc) is 2.49. The van der Waals surface area contributed by atoms with Gasteiger partial charge in [0.05, 0.1) is 13.0 Å². The molecular weight excluding hydrogens is 270 g/mol. The van der Waals surface area contributed by atoms with E-state index in [1.807, 2.05) is 7.05 Å². The van der Waals surface area contributed by atoms with Crippen molar-refractivity contribution in [2.45, 2.75) is 19.3 Å². The second-order valence-electron chi connectivity index (χ2n) is 4.55. The van der Waals surface area contributed by atoms with Gasteiger partial charge in [0.25, 0.3) is 0 Å². The zero-order chi connectivity index (χ0) is 15.5. The van der Waals surface area contributed by atoms with E-state index in [9.17, 15) is 9.59 Å². The molecule has 0 atom stereocenters. The van der Waals surface area contributed by atoms with Crippen LogP contribution < -0.4 is 20.7 Å². The summed E-state index contributed by atoms with van der Waals surface area (Å²) in [7, 11) is 3.46. The first kappa shape index (κ1) is 17.0. The van der Waals surface area contributed by atoms with Crippen LogP contribution in [0.3, 0.4) is 0 Å². The van der Waals surface area contributed by atoms with E-state index >= 15 is 0 Å². The fourth-order valence-corrected chi connectivity index (χ4v) is 1.67. The third-order valence-electron chi connectivity index (χ3n) is 2.85. The average molecular weight is 293 g/mol. The number of hydrogen-bond donors (Lipinski definition) is 3. The fraction of sp³-hybridized carbons (Fsp3) is 0.467. The Balaban J connectivity index is 2.32. The van der Waals surface area contributed by atoms with E-state index in [4.69, 9.17) is 4.74 Å². The molecule has 6 heteroatoms. The molecule has 1 aromatic rings. The Kier molecular flexibility index (Phi) is 7.89. The molecule has 0 bridgehead atoms. The summed E-state index contributed by atoms with van der Waals surface area (Å²) in [5, 5.41) is 8.36. The van der Waals surface area contributed by atoms with Gasteiger partial charge in [-0.2, -0.15) is 0 Å². The molecule has 1 aromatic carbocycles. The highest BCUT2D eigenvalue weighted by atomic mass is 16.5. The molecular formula is C15H23N3O3. The van der Waals surface area contributed by atoms with Gasteiger partial charge >= 0.3 is 0 Å². The van der Waals surface area contributed by atoms with Gasteiger partial charge in [0.2, 0.25) is 11.8 Å². The van der Waals surface area contributed by atoms with E-state index in [1.54, 1.807) is 31.3 Å². The number of nitrogens with one attached hydrogen (secondary N) is 3. The van der Waals surface area contributed by atoms with Crippen LogP contribution in [0.25, 0.3) is 0 Å². The molecule has 0 saturated carbocycles. The van der Waals surface area contributed by atoms with Crippen molar-refractivity contribution in [1.82, 2.24) is 10.6 Å². The van der Waals surface area contributed by atoms with Crippen molar-refractivity contribution in [3.63, 3.8) is 0 Å². The Morgan fingerprint density at radius 3 is 2.38 bits per heavy atom. The van der Waals surface area contributed by atoms with Crippen LogP contribution in [0.2, 0.25) is 0 Å². The van der Waals surface area contributed by atoms with E-state index in [-0.39, 0.29) is 11.8 Å². The van der Waals surface area contributed by atoms with E-state index < -0.39 is 0 Å². The largest absolute Gasteiger partial charge is 0.493 e. The summed E-state index contributed by atoms with van der Waals surface area (Å²) in [6.45, 7) is 1.15. The van der Waals surface area contributed by atoms with Gasteiger partial charge in [0, 0.05) is 19.2 Å². The van der Waals surface area contributed by atoms with Crippen molar-refractivity contribution in [2.24, 2.45) is 0 Å². The number of carbonyl (C=O) groups excluding carboxylic acids is 2. The normalized spacial score (nSPS) is 10.0. The van der Waals surface area contributed by atoms with Crippen LogP contribution in [-0.2, 0) is 9.59 Å². The van der Waals surface area contributed by atoms with Crippen molar-refractivity contribution in [3.05, 3.63) is 24.3 Å². The maximum absolute atomic E-state index is 11.6. The standard InChI is InChI=1S/C15H23N3O3/c1-16-10-3-4-15(20)18-12-5-7-13(8-6-12)21-11-9-14(19)17-2/h5-8,16H,3-4,9-11H2,1-2H3,(H,17,19)(H,18,20). The molecule has 0 unspecified atom stereocenters. The molecule has 0 fully saturated rings. The van der Waals surface area contributed by atoms with Gasteiger partial charge in [0.1, 0.15) is 5.75 Å². The summed E-state index contributed by atoms with van der Waals surface area (Å²) in [5.41, 5.74) is 0.739. The van der Waals surface area contributed by atoms with Crippen LogP contribution in [0.1, 0.15) is 19.3 Å². The fourth-order valence-electron chi connectivity index (χ4n) is 1.67. The molecule has 0 aromatic heterocycles. The van der Waals surface area contributed by atoms with Gasteiger partial charge in [-0.3, -0.25) is 9.59 Å². The lowest BCUT2D eigenvalue weighted by molar-refractivity contribution is -0.121. The van der Waals surface area contributed by atoms with Crippen LogP contribution in [0, 0.1) is 0 Å². The molecule has 21 heavy (non-hydrogen) atoms. The summed E-state index contributed by atoms with van der Waals surface area (Å²) >= 11 is 0. The second kappa shape index (κ2) is 9.77. The number of ether oxygens (including phenoxy) is 1. The predicted octanol–water partition coefficient (Wildman–Crippen LogP) is 1.14. The van der Waals surface area contributed by atoms with Crippen LogP contribution in [0.4, 0.5) is 5.69 Å². The molecule has 3 N–H and O–H groups in total. The van der Waals surface area contributed by atoms with Crippen molar-refractivity contribution >= 4 is 17.5 Å². The topological polar surface area (TPSA) is 79.5 Å². The van der Waals surface area contributed by atoms with E-state index in [1.165, 1.54) is 0 Å². The minimum Gasteiger partial charge on any atom is -0.493 e. The SMILES string of the molecule is CNCCCC(=O)Nc1ccc(OCCC(=O)NC)cc1. The quantitative estimate of drug-likeness (QED) is 0.597. The number of amides is 2. The van der Waals surface area contributed by atoms with Gasteiger partial charge in [-0.1, -0.05) is 0 Å². The maximum Gasteiger partial charge on any atom is 0.224 e. The summed E-state index contributed by atoms with van der Waals surface area (Å²) in [6.07, 6.45) is 1.62. The molecule has 6 nitrogen and oxygen atoms in total. The first-order valence-corrected chi connectivity index (χ1v) is 7.03. The van der Waals surface area contributed by atoms with Crippen LogP contribution in [0.15, 0.2) is 24.3 Å². The number of benzene rings is 1. The van der Waals surface area contributed by atoms with E-state index in [2.05, 4.69) is 16.0 Å². The van der Waals surface area contributed by atoms with E-state index in [0.29, 0.717) is 25.2 Å². The highest BCUT2D eigenvalue weighted by molar-refractivity contribution is 5.90. The van der Waals surface area contributed by atoms with Crippen LogP contribution >= 0.6 is 0 Å². The Morgan fingerprint density at radius 2 is 1.76 bits per heavy atom. The summed E-state index contributed by atoms with van der Waals surface area (Å²) < 4.78 is 5.44. The third kappa shape index (κ3) is 7.31. The second-order valence-corrected chi connectivity index (χ2v) is 4.55.